The molecule has 0 spiro atoms. The lowest BCUT2D eigenvalue weighted by Crippen LogP contribution is -2.44. The van der Waals surface area contributed by atoms with Crippen molar-refractivity contribution in [2.75, 3.05) is 6.54 Å². The molecule has 1 amide bonds. The highest BCUT2D eigenvalue weighted by atomic mass is 19.4. The highest BCUT2D eigenvalue weighted by Crippen LogP contribution is 2.29. The Morgan fingerprint density at radius 3 is 2.69 bits per heavy atom. The molecule has 26 heavy (non-hydrogen) atoms. The van der Waals surface area contributed by atoms with Crippen molar-refractivity contribution in [3.8, 4) is 11.3 Å². The summed E-state index contributed by atoms with van der Waals surface area (Å²) in [5.41, 5.74) is 1.31. The summed E-state index contributed by atoms with van der Waals surface area (Å²) < 4.78 is 37.1. The second-order valence-corrected chi connectivity index (χ2v) is 6.43. The molecule has 2 N–H and O–H groups in total. The number of fused-ring (bicyclic) bond motifs is 1. The van der Waals surface area contributed by atoms with Crippen LogP contribution in [0.1, 0.15) is 19.5 Å². The molecular formula is C18H17F3N4O. The third-order valence-corrected chi connectivity index (χ3v) is 4.14. The maximum atomic E-state index is 12.4. The van der Waals surface area contributed by atoms with Crippen LogP contribution in [0.5, 0.6) is 0 Å². The SMILES string of the molecule is CC(C)(C(=O)NCC(F)(F)F)c1cccc(-c2ccnc3[nH]ccc23)n1. The smallest absolute Gasteiger partial charge is 0.346 e. The molecule has 0 saturated heterocycles. The molecule has 8 heteroatoms. The van der Waals surface area contributed by atoms with E-state index in [9.17, 15) is 18.0 Å². The molecule has 0 bridgehead atoms. The minimum Gasteiger partial charge on any atom is -0.346 e. The van der Waals surface area contributed by atoms with Crippen molar-refractivity contribution in [2.24, 2.45) is 0 Å². The number of hydrogen-bond acceptors (Lipinski definition) is 3. The summed E-state index contributed by atoms with van der Waals surface area (Å²) in [6.07, 6.45) is -1.05. The Morgan fingerprint density at radius 1 is 1.19 bits per heavy atom. The van der Waals surface area contributed by atoms with Crippen LogP contribution < -0.4 is 5.32 Å². The number of halogens is 3. The average molecular weight is 362 g/mol. The van der Waals surface area contributed by atoms with Crippen molar-refractivity contribution in [3.05, 3.63) is 48.4 Å². The van der Waals surface area contributed by atoms with Crippen molar-refractivity contribution in [1.82, 2.24) is 20.3 Å². The molecule has 0 unspecified atom stereocenters. The zero-order chi connectivity index (χ0) is 18.9. The van der Waals surface area contributed by atoms with Gasteiger partial charge in [-0.15, -0.1) is 0 Å². The van der Waals surface area contributed by atoms with Gasteiger partial charge in [0.15, 0.2) is 0 Å². The minimum absolute atomic E-state index is 0.384. The molecule has 0 fully saturated rings. The monoisotopic (exact) mass is 362 g/mol. The van der Waals surface area contributed by atoms with E-state index in [0.717, 1.165) is 10.9 Å². The van der Waals surface area contributed by atoms with Gasteiger partial charge in [0, 0.05) is 23.3 Å². The van der Waals surface area contributed by atoms with Crippen molar-refractivity contribution in [1.29, 1.82) is 0 Å². The van der Waals surface area contributed by atoms with Gasteiger partial charge in [-0.2, -0.15) is 13.2 Å². The predicted octanol–water partition coefficient (Wildman–Crippen LogP) is 3.58. The summed E-state index contributed by atoms with van der Waals surface area (Å²) >= 11 is 0. The van der Waals surface area contributed by atoms with Gasteiger partial charge in [0.1, 0.15) is 12.2 Å². The maximum Gasteiger partial charge on any atom is 0.405 e. The molecule has 0 aliphatic heterocycles. The second kappa shape index (κ2) is 6.44. The van der Waals surface area contributed by atoms with Gasteiger partial charge in [-0.1, -0.05) is 6.07 Å². The van der Waals surface area contributed by atoms with E-state index in [0.29, 0.717) is 17.0 Å². The quantitative estimate of drug-likeness (QED) is 0.745. The van der Waals surface area contributed by atoms with E-state index in [1.54, 1.807) is 50.5 Å². The number of aromatic amines is 1. The summed E-state index contributed by atoms with van der Waals surface area (Å²) in [6, 6.07) is 8.82. The number of alkyl halides is 3. The van der Waals surface area contributed by atoms with Gasteiger partial charge >= 0.3 is 6.18 Å². The lowest BCUT2D eigenvalue weighted by Gasteiger charge is -2.24. The van der Waals surface area contributed by atoms with Gasteiger partial charge in [-0.3, -0.25) is 9.78 Å². The van der Waals surface area contributed by atoms with E-state index in [4.69, 9.17) is 0 Å². The Bertz CT molecular complexity index is 947. The largest absolute Gasteiger partial charge is 0.405 e. The molecule has 0 aliphatic carbocycles. The number of H-pyrrole nitrogens is 1. The van der Waals surface area contributed by atoms with E-state index >= 15 is 0 Å². The maximum absolute atomic E-state index is 12.4. The van der Waals surface area contributed by atoms with Crippen LogP contribution in [-0.4, -0.2) is 33.6 Å². The zero-order valence-electron chi connectivity index (χ0n) is 14.2. The van der Waals surface area contributed by atoms with E-state index < -0.39 is 24.0 Å². The fourth-order valence-corrected chi connectivity index (χ4v) is 2.63. The van der Waals surface area contributed by atoms with Crippen LogP contribution in [0.2, 0.25) is 0 Å². The fraction of sp³-hybridized carbons (Fsp3) is 0.278. The van der Waals surface area contributed by atoms with Gasteiger partial charge in [0.2, 0.25) is 5.91 Å². The topological polar surface area (TPSA) is 70.7 Å². The van der Waals surface area contributed by atoms with E-state index in [-0.39, 0.29) is 0 Å². The normalized spacial score (nSPS) is 12.3. The van der Waals surface area contributed by atoms with E-state index in [2.05, 4.69) is 15.0 Å². The molecule has 0 aromatic carbocycles. The molecule has 0 atom stereocenters. The van der Waals surface area contributed by atoms with Crippen molar-refractivity contribution in [3.63, 3.8) is 0 Å². The Balaban J connectivity index is 1.94. The Labute approximate surface area is 147 Å². The van der Waals surface area contributed by atoms with Gasteiger partial charge in [0.05, 0.1) is 16.8 Å². The first kappa shape index (κ1) is 17.9. The first-order valence-electron chi connectivity index (χ1n) is 7.93. The number of carbonyl (C=O) groups excluding carboxylic acids is 1. The molecule has 136 valence electrons. The number of hydrogen-bond donors (Lipinski definition) is 2. The molecule has 3 aromatic heterocycles. The van der Waals surface area contributed by atoms with Crippen LogP contribution in [0.15, 0.2) is 42.7 Å². The van der Waals surface area contributed by atoms with Crippen molar-refractivity contribution >= 4 is 16.9 Å². The van der Waals surface area contributed by atoms with Gasteiger partial charge < -0.3 is 10.3 Å². The number of carbonyl (C=O) groups is 1. The van der Waals surface area contributed by atoms with Crippen LogP contribution in [0.25, 0.3) is 22.3 Å². The van der Waals surface area contributed by atoms with Crippen LogP contribution in [0.3, 0.4) is 0 Å². The molecule has 3 rings (SSSR count). The number of nitrogens with zero attached hydrogens (tertiary/aromatic N) is 2. The summed E-state index contributed by atoms with van der Waals surface area (Å²) in [7, 11) is 0. The summed E-state index contributed by atoms with van der Waals surface area (Å²) in [6.45, 7) is 1.72. The molecule has 0 saturated carbocycles. The molecule has 0 aliphatic rings. The van der Waals surface area contributed by atoms with Crippen LogP contribution in [0, 0.1) is 0 Å². The third kappa shape index (κ3) is 3.54. The van der Waals surface area contributed by atoms with Gasteiger partial charge in [-0.05, 0) is 38.1 Å². The lowest BCUT2D eigenvalue weighted by atomic mass is 9.87. The summed E-state index contributed by atoms with van der Waals surface area (Å²) in [5.74, 6) is -0.735. The zero-order valence-corrected chi connectivity index (χ0v) is 14.2. The van der Waals surface area contributed by atoms with Crippen LogP contribution >= 0.6 is 0 Å². The first-order chi connectivity index (χ1) is 12.2. The number of amides is 1. The number of nitrogens with one attached hydrogen (secondary N) is 2. The standard InChI is InChI=1S/C18H17F3N4O/c1-17(2,16(26)24-10-18(19,20)21)14-5-3-4-13(25-14)11-6-8-22-15-12(11)7-9-23-15/h3-9H,10H2,1-2H3,(H,22,23)(H,24,26). The molecular weight excluding hydrogens is 345 g/mol. The highest BCUT2D eigenvalue weighted by Gasteiger charge is 2.35. The minimum atomic E-state index is -4.46. The van der Waals surface area contributed by atoms with Gasteiger partial charge in [0.25, 0.3) is 0 Å². The summed E-state index contributed by atoms with van der Waals surface area (Å²) in [4.78, 5) is 24.0. The number of pyridine rings is 2. The number of rotatable bonds is 4. The molecule has 0 radical (unpaired) electrons. The first-order valence-corrected chi connectivity index (χ1v) is 7.93. The fourth-order valence-electron chi connectivity index (χ4n) is 2.63. The van der Waals surface area contributed by atoms with Gasteiger partial charge in [-0.25, -0.2) is 4.98 Å². The lowest BCUT2D eigenvalue weighted by molar-refractivity contribution is -0.141. The average Bonchev–Trinajstić information content (AvgIpc) is 3.07. The Hall–Kier alpha value is -2.90. The summed E-state index contributed by atoms with van der Waals surface area (Å²) in [5, 5.41) is 2.80. The van der Waals surface area contributed by atoms with Crippen molar-refractivity contribution < 1.29 is 18.0 Å². The second-order valence-electron chi connectivity index (χ2n) is 6.43. The predicted molar refractivity (Wildman–Crippen MR) is 91.4 cm³/mol. The molecule has 3 heterocycles. The van der Waals surface area contributed by atoms with E-state index in [1.165, 1.54) is 0 Å². The Morgan fingerprint density at radius 2 is 1.96 bits per heavy atom. The third-order valence-electron chi connectivity index (χ3n) is 4.14. The van der Waals surface area contributed by atoms with E-state index in [1.807, 2.05) is 11.4 Å². The van der Waals surface area contributed by atoms with Crippen LogP contribution in [-0.2, 0) is 10.2 Å². The highest BCUT2D eigenvalue weighted by molar-refractivity contribution is 5.92. The number of aromatic nitrogens is 3. The molecule has 3 aromatic rings. The van der Waals surface area contributed by atoms with Crippen LogP contribution in [0.4, 0.5) is 13.2 Å². The van der Waals surface area contributed by atoms with Crippen molar-refractivity contribution in [2.45, 2.75) is 25.4 Å². The molecule has 5 nitrogen and oxygen atoms in total. The Kier molecular flexibility index (Phi) is 4.43.